The number of fused-ring (bicyclic) bond motifs is 2. The molecule has 0 unspecified atom stereocenters. The average molecular weight is 421 g/mol. The summed E-state index contributed by atoms with van der Waals surface area (Å²) < 4.78 is 10.4. The Labute approximate surface area is 178 Å². The Morgan fingerprint density at radius 2 is 1.40 bits per heavy atom. The highest BCUT2D eigenvalue weighted by Crippen LogP contribution is 2.47. The molecule has 1 heterocycles. The Bertz CT molecular complexity index is 1070. The number of amides is 3. The number of carbonyl (C=O) groups excluding carboxylic acids is 2. The highest BCUT2D eigenvalue weighted by Gasteiger charge is 2.28. The molecule has 0 saturated carbocycles. The molecule has 4 rings (SSSR count). The summed E-state index contributed by atoms with van der Waals surface area (Å²) in [6, 6.07) is 19.5. The van der Waals surface area contributed by atoms with Crippen molar-refractivity contribution < 1.29 is 19.1 Å². The van der Waals surface area contributed by atoms with Crippen molar-refractivity contribution in [2.45, 2.75) is 9.79 Å². The summed E-state index contributed by atoms with van der Waals surface area (Å²) in [7, 11) is 3.01. The number of carbonyl (C=O) groups is 2. The van der Waals surface area contributed by atoms with Gasteiger partial charge in [0.15, 0.2) is 11.5 Å². The van der Waals surface area contributed by atoms with Crippen molar-refractivity contribution in [2.24, 2.45) is 0 Å². The quantitative estimate of drug-likeness (QED) is 0.614. The smallest absolute Gasteiger partial charge is 0.345 e. The molecule has 2 N–H and O–H groups in total. The second-order valence-electron chi connectivity index (χ2n) is 6.33. The fourth-order valence-corrected chi connectivity index (χ4v) is 4.20. The van der Waals surface area contributed by atoms with Gasteiger partial charge >= 0.3 is 6.03 Å². The van der Waals surface area contributed by atoms with Crippen LogP contribution >= 0.6 is 11.8 Å². The molecule has 0 spiro atoms. The maximum absolute atomic E-state index is 13.0. The molecule has 1 aliphatic heterocycles. The first-order valence-corrected chi connectivity index (χ1v) is 9.92. The van der Waals surface area contributed by atoms with Crippen molar-refractivity contribution in [1.29, 1.82) is 0 Å². The van der Waals surface area contributed by atoms with Crippen molar-refractivity contribution in [3.63, 3.8) is 0 Å². The number of benzene rings is 3. The van der Waals surface area contributed by atoms with Crippen LogP contribution in [0.1, 0.15) is 10.4 Å². The molecule has 0 aliphatic carbocycles. The normalized spacial score (nSPS) is 11.7. The number of anilines is 2. The Kier molecular flexibility index (Phi) is 5.49. The number of nitrogens with zero attached hydrogens (tertiary/aromatic N) is 1. The van der Waals surface area contributed by atoms with Gasteiger partial charge in [-0.1, -0.05) is 36.0 Å². The standard InChI is InChI=1S/C22H19N3O4S/c1-28-17-12-11-14(13-18(17)29-2)21(26)23-24-22(27)25-15-7-3-5-9-19(15)30-20-10-6-4-8-16(20)25/h3-13H,1-2H3,(H,23,26)(H,24,27). The van der Waals surface area contributed by atoms with Crippen molar-refractivity contribution >= 4 is 35.1 Å². The Hall–Kier alpha value is -3.65. The summed E-state index contributed by atoms with van der Waals surface area (Å²) in [6.45, 7) is 0. The first-order chi connectivity index (χ1) is 14.6. The topological polar surface area (TPSA) is 79.9 Å². The van der Waals surface area contributed by atoms with Crippen LogP contribution in [0, 0.1) is 0 Å². The van der Waals surface area contributed by atoms with Gasteiger partial charge in [0.1, 0.15) is 0 Å². The third-order valence-corrected chi connectivity index (χ3v) is 5.69. The lowest BCUT2D eigenvalue weighted by Crippen LogP contribution is -2.48. The van der Waals surface area contributed by atoms with Crippen molar-refractivity contribution in [3.05, 3.63) is 72.3 Å². The van der Waals surface area contributed by atoms with E-state index >= 15 is 0 Å². The molecular formula is C22H19N3O4S. The third kappa shape index (κ3) is 3.65. The van der Waals surface area contributed by atoms with Gasteiger partial charge in [-0.05, 0) is 42.5 Å². The van der Waals surface area contributed by atoms with Gasteiger partial charge in [-0.25, -0.2) is 10.2 Å². The molecule has 0 atom stereocenters. The van der Waals surface area contributed by atoms with Crippen LogP contribution in [0.2, 0.25) is 0 Å². The molecule has 3 aromatic rings. The Morgan fingerprint density at radius 1 is 0.800 bits per heavy atom. The maximum atomic E-state index is 13.0. The van der Waals surface area contributed by atoms with E-state index in [0.717, 1.165) is 21.2 Å². The van der Waals surface area contributed by atoms with Gasteiger partial charge in [-0.3, -0.25) is 15.1 Å². The molecule has 152 valence electrons. The second kappa shape index (κ2) is 8.38. The van der Waals surface area contributed by atoms with Crippen LogP contribution in [0.4, 0.5) is 16.2 Å². The summed E-state index contributed by atoms with van der Waals surface area (Å²) in [5, 5.41) is 0. The van der Waals surface area contributed by atoms with Crippen molar-refractivity contribution in [2.75, 3.05) is 19.1 Å². The van der Waals surface area contributed by atoms with Gasteiger partial charge in [0.25, 0.3) is 5.91 Å². The predicted molar refractivity (Wildman–Crippen MR) is 115 cm³/mol. The van der Waals surface area contributed by atoms with Gasteiger partial charge in [-0.15, -0.1) is 0 Å². The van der Waals surface area contributed by atoms with Crippen LogP contribution in [0.5, 0.6) is 11.5 Å². The summed E-state index contributed by atoms with van der Waals surface area (Å²) >= 11 is 1.60. The molecule has 8 heteroatoms. The van der Waals surface area contributed by atoms with Gasteiger partial charge in [0, 0.05) is 15.4 Å². The second-order valence-corrected chi connectivity index (χ2v) is 7.41. The molecule has 0 radical (unpaired) electrons. The minimum absolute atomic E-state index is 0.322. The summed E-state index contributed by atoms with van der Waals surface area (Å²) in [5.41, 5.74) is 6.79. The first kappa shape index (κ1) is 19.7. The number of hydrazine groups is 1. The van der Waals surface area contributed by atoms with Crippen LogP contribution in [-0.2, 0) is 0 Å². The largest absolute Gasteiger partial charge is 0.493 e. The van der Waals surface area contributed by atoms with E-state index in [2.05, 4.69) is 10.9 Å². The zero-order chi connectivity index (χ0) is 21.1. The van der Waals surface area contributed by atoms with Crippen LogP contribution < -0.4 is 25.2 Å². The van der Waals surface area contributed by atoms with E-state index < -0.39 is 11.9 Å². The van der Waals surface area contributed by atoms with E-state index in [-0.39, 0.29) is 0 Å². The minimum atomic E-state index is -0.475. The van der Waals surface area contributed by atoms with Gasteiger partial charge in [-0.2, -0.15) is 0 Å². The fourth-order valence-electron chi connectivity index (χ4n) is 3.14. The lowest BCUT2D eigenvalue weighted by Gasteiger charge is -2.30. The molecule has 7 nitrogen and oxygen atoms in total. The summed E-state index contributed by atoms with van der Waals surface area (Å²) in [6.07, 6.45) is 0. The molecule has 0 fully saturated rings. The summed E-state index contributed by atoms with van der Waals surface area (Å²) in [5.74, 6) is 0.460. The van der Waals surface area contributed by atoms with Gasteiger partial charge in [0.05, 0.1) is 25.6 Å². The lowest BCUT2D eigenvalue weighted by molar-refractivity contribution is 0.0937. The molecule has 0 saturated heterocycles. The molecular weight excluding hydrogens is 402 g/mol. The number of hydrogen-bond acceptors (Lipinski definition) is 5. The minimum Gasteiger partial charge on any atom is -0.493 e. The van der Waals surface area contributed by atoms with E-state index in [4.69, 9.17) is 9.47 Å². The van der Waals surface area contributed by atoms with Gasteiger partial charge in [0.2, 0.25) is 0 Å². The molecule has 3 amide bonds. The number of hydrogen-bond donors (Lipinski definition) is 2. The summed E-state index contributed by atoms with van der Waals surface area (Å²) in [4.78, 5) is 29.0. The zero-order valence-electron chi connectivity index (χ0n) is 16.3. The van der Waals surface area contributed by atoms with Crippen LogP contribution in [-0.4, -0.2) is 26.2 Å². The number of rotatable bonds is 3. The zero-order valence-corrected chi connectivity index (χ0v) is 17.2. The van der Waals surface area contributed by atoms with E-state index in [1.165, 1.54) is 14.2 Å². The molecule has 3 aromatic carbocycles. The number of ether oxygens (including phenoxy) is 2. The molecule has 1 aliphatic rings. The van der Waals surface area contributed by atoms with Crippen LogP contribution in [0.15, 0.2) is 76.5 Å². The van der Waals surface area contributed by atoms with Crippen LogP contribution in [0.3, 0.4) is 0 Å². The SMILES string of the molecule is COc1ccc(C(=O)NNC(=O)N2c3ccccc3Sc3ccccc32)cc1OC. The number of para-hydroxylation sites is 2. The van der Waals surface area contributed by atoms with Crippen molar-refractivity contribution in [1.82, 2.24) is 10.9 Å². The molecule has 0 bridgehead atoms. The van der Waals surface area contributed by atoms with Crippen LogP contribution in [0.25, 0.3) is 0 Å². The monoisotopic (exact) mass is 421 g/mol. The first-order valence-electron chi connectivity index (χ1n) is 9.10. The third-order valence-electron chi connectivity index (χ3n) is 4.56. The Morgan fingerprint density at radius 3 is 2.00 bits per heavy atom. The van der Waals surface area contributed by atoms with E-state index in [1.807, 2.05) is 48.5 Å². The van der Waals surface area contributed by atoms with Gasteiger partial charge < -0.3 is 9.47 Å². The fraction of sp³-hybridized carbons (Fsp3) is 0.0909. The highest BCUT2D eigenvalue weighted by molar-refractivity contribution is 7.99. The Balaban J connectivity index is 1.54. The maximum Gasteiger partial charge on any atom is 0.345 e. The average Bonchev–Trinajstić information content (AvgIpc) is 2.80. The number of urea groups is 1. The number of methoxy groups -OCH3 is 2. The van der Waals surface area contributed by atoms with E-state index in [0.29, 0.717) is 17.1 Å². The van der Waals surface area contributed by atoms with Crippen molar-refractivity contribution in [3.8, 4) is 11.5 Å². The highest BCUT2D eigenvalue weighted by atomic mass is 32.2. The number of nitrogens with one attached hydrogen (secondary N) is 2. The van der Waals surface area contributed by atoms with E-state index in [1.54, 1.807) is 34.9 Å². The van der Waals surface area contributed by atoms with E-state index in [9.17, 15) is 9.59 Å². The predicted octanol–water partition coefficient (Wildman–Crippen LogP) is 4.36. The molecule has 30 heavy (non-hydrogen) atoms. The lowest BCUT2D eigenvalue weighted by atomic mass is 10.2. The molecule has 0 aromatic heterocycles.